The molecule has 2 nitrogen and oxygen atoms in total. The molecule has 0 spiro atoms. The van der Waals surface area contributed by atoms with Gasteiger partial charge in [0.2, 0.25) is 0 Å². The van der Waals surface area contributed by atoms with Crippen LogP contribution in [0.25, 0.3) is 46.6 Å². The van der Waals surface area contributed by atoms with Crippen molar-refractivity contribution in [3.63, 3.8) is 0 Å². The first-order chi connectivity index (χ1) is 30.0. The molecule has 3 aromatic carbocycles. The molecule has 0 radical (unpaired) electrons. The first-order valence-corrected chi connectivity index (χ1v) is 24.6. The van der Waals surface area contributed by atoms with Crippen molar-refractivity contribution in [2.75, 3.05) is 0 Å². The third-order valence-electron chi connectivity index (χ3n) is 13.5. The number of aryl methyl sites for hydroxylation is 2. The average Bonchev–Trinajstić information content (AvgIpc) is 3.54. The van der Waals surface area contributed by atoms with E-state index in [0.717, 1.165) is 11.1 Å². The molecule has 0 saturated carbocycles. The van der Waals surface area contributed by atoms with E-state index < -0.39 is 0 Å². The number of aromatic nitrogens is 2. The topological polar surface area (TPSA) is 25.8 Å². The van der Waals surface area contributed by atoms with E-state index in [1.165, 1.54) is 186 Å². The van der Waals surface area contributed by atoms with Gasteiger partial charge in [-0.3, -0.25) is 9.97 Å². The fraction of sp³-hybridized carbons (Fsp3) is 0.458. The van der Waals surface area contributed by atoms with Crippen LogP contribution in [-0.4, -0.2) is 9.97 Å². The summed E-state index contributed by atoms with van der Waals surface area (Å²) in [6.07, 6.45) is 46.4. The summed E-state index contributed by atoms with van der Waals surface area (Å²) in [7, 11) is 0. The number of pyridine rings is 2. The van der Waals surface area contributed by atoms with Gasteiger partial charge in [0.25, 0.3) is 0 Å². The van der Waals surface area contributed by atoms with Gasteiger partial charge in [-0.25, -0.2) is 0 Å². The zero-order valence-electron chi connectivity index (χ0n) is 38.5. The van der Waals surface area contributed by atoms with Gasteiger partial charge >= 0.3 is 0 Å². The molecule has 0 amide bonds. The molecule has 0 bridgehead atoms. The molecule has 0 N–H and O–H groups in total. The minimum absolute atomic E-state index is 0.0365. The number of fused-ring (bicyclic) bond motifs is 3. The van der Waals surface area contributed by atoms with Crippen LogP contribution in [0.5, 0.6) is 0 Å². The first kappa shape index (κ1) is 46.0. The molecule has 0 unspecified atom stereocenters. The van der Waals surface area contributed by atoms with E-state index in [-0.39, 0.29) is 5.41 Å². The number of hydrogen-bond donors (Lipinski definition) is 0. The Morgan fingerprint density at radius 2 is 0.852 bits per heavy atom. The third-order valence-corrected chi connectivity index (χ3v) is 13.5. The third kappa shape index (κ3) is 13.2. The highest BCUT2D eigenvalue weighted by atomic mass is 14.6. The lowest BCUT2D eigenvalue weighted by atomic mass is 9.70. The van der Waals surface area contributed by atoms with Crippen molar-refractivity contribution >= 4 is 24.3 Å². The molecule has 0 fully saturated rings. The summed E-state index contributed by atoms with van der Waals surface area (Å²) >= 11 is 0. The number of benzene rings is 3. The van der Waals surface area contributed by atoms with Crippen molar-refractivity contribution in [2.24, 2.45) is 0 Å². The van der Waals surface area contributed by atoms with Crippen molar-refractivity contribution in [3.8, 4) is 22.3 Å². The summed E-state index contributed by atoms with van der Waals surface area (Å²) in [6, 6.07) is 28.0. The van der Waals surface area contributed by atoms with Gasteiger partial charge in [0.15, 0.2) is 0 Å². The van der Waals surface area contributed by atoms with Gasteiger partial charge in [0, 0.05) is 30.2 Å². The lowest BCUT2D eigenvalue weighted by molar-refractivity contribution is 0.397. The first-order valence-electron chi connectivity index (χ1n) is 24.6. The Labute approximate surface area is 371 Å². The Balaban J connectivity index is 1.33. The molecule has 1 aliphatic rings. The van der Waals surface area contributed by atoms with Gasteiger partial charge < -0.3 is 0 Å². The predicted octanol–water partition coefficient (Wildman–Crippen LogP) is 18.0. The van der Waals surface area contributed by atoms with E-state index in [1.807, 2.05) is 24.8 Å². The summed E-state index contributed by atoms with van der Waals surface area (Å²) in [5, 5.41) is 0. The highest BCUT2D eigenvalue weighted by molar-refractivity contribution is 5.88. The van der Waals surface area contributed by atoms with E-state index >= 15 is 0 Å². The van der Waals surface area contributed by atoms with E-state index in [9.17, 15) is 0 Å². The van der Waals surface area contributed by atoms with Crippen LogP contribution in [0.2, 0.25) is 0 Å². The molecular formula is C59H76N2. The number of hydrogen-bond acceptors (Lipinski definition) is 2. The van der Waals surface area contributed by atoms with E-state index in [4.69, 9.17) is 0 Å². The van der Waals surface area contributed by atoms with Gasteiger partial charge in [-0.1, -0.05) is 209 Å². The van der Waals surface area contributed by atoms with E-state index in [2.05, 4.69) is 135 Å². The van der Waals surface area contributed by atoms with Crippen LogP contribution in [0.1, 0.15) is 200 Å². The summed E-state index contributed by atoms with van der Waals surface area (Å²) in [4.78, 5) is 8.50. The SMILES string of the molecule is CCCCCCCCCCCCC1(CCCCCCCCCCCC)c2cc(C)ccc2-c2ccc(-c3cc(/C=C/c4ccncc4)c(C)cc3/C=C/c3ccncc3)cc21. The van der Waals surface area contributed by atoms with Crippen LogP contribution in [0, 0.1) is 13.8 Å². The van der Waals surface area contributed by atoms with Crippen molar-refractivity contribution in [2.45, 2.75) is 174 Å². The van der Waals surface area contributed by atoms with Crippen molar-refractivity contribution in [3.05, 3.63) is 142 Å². The Kier molecular flexibility index (Phi) is 18.7. The molecule has 2 aromatic heterocycles. The molecule has 1 aliphatic carbocycles. The quantitative estimate of drug-likeness (QED) is 0.0494. The Morgan fingerprint density at radius 1 is 0.410 bits per heavy atom. The summed E-state index contributed by atoms with van der Waals surface area (Å²) < 4.78 is 0. The zero-order chi connectivity index (χ0) is 42.5. The zero-order valence-corrected chi connectivity index (χ0v) is 38.5. The Morgan fingerprint density at radius 3 is 1.36 bits per heavy atom. The number of rotatable bonds is 27. The molecule has 6 rings (SSSR count). The maximum Gasteiger partial charge on any atom is 0.0273 e. The molecule has 0 saturated heterocycles. The normalized spacial score (nSPS) is 13.0. The molecule has 2 heterocycles. The number of unbranched alkanes of at least 4 members (excludes halogenated alkanes) is 18. The van der Waals surface area contributed by atoms with Gasteiger partial charge in [-0.05, 0) is 124 Å². The van der Waals surface area contributed by atoms with Crippen molar-refractivity contribution < 1.29 is 0 Å². The fourth-order valence-corrected chi connectivity index (χ4v) is 9.90. The standard InChI is InChI=1S/C59H76N2/c1-5-7-9-11-13-15-17-19-21-23-37-59(38-24-22-20-18-16-14-12-10-8-6-2)57-43-47(3)25-31-54(57)55-32-30-53(46-58(55)59)56-45-51(28-26-49-33-39-60-40-34-49)48(4)44-52(56)29-27-50-35-41-61-42-36-50/h25-36,39-46H,5-24,37-38H2,1-4H3/b28-26+,29-27+. The summed E-state index contributed by atoms with van der Waals surface area (Å²) in [5.74, 6) is 0. The molecule has 5 aromatic rings. The summed E-state index contributed by atoms with van der Waals surface area (Å²) in [6.45, 7) is 9.17. The second-order valence-corrected chi connectivity index (χ2v) is 18.3. The van der Waals surface area contributed by atoms with Gasteiger partial charge in [0.05, 0.1) is 0 Å². The highest BCUT2D eigenvalue weighted by Crippen LogP contribution is 2.55. The molecule has 322 valence electrons. The van der Waals surface area contributed by atoms with Crippen LogP contribution < -0.4 is 0 Å². The van der Waals surface area contributed by atoms with Crippen molar-refractivity contribution in [1.29, 1.82) is 0 Å². The molecule has 2 heteroatoms. The van der Waals surface area contributed by atoms with E-state index in [0.29, 0.717) is 0 Å². The van der Waals surface area contributed by atoms with Gasteiger partial charge in [-0.2, -0.15) is 0 Å². The average molecular weight is 813 g/mol. The van der Waals surface area contributed by atoms with Crippen LogP contribution in [-0.2, 0) is 5.41 Å². The van der Waals surface area contributed by atoms with Crippen LogP contribution in [0.4, 0.5) is 0 Å². The minimum Gasteiger partial charge on any atom is -0.265 e. The highest BCUT2D eigenvalue weighted by Gasteiger charge is 2.42. The van der Waals surface area contributed by atoms with Crippen molar-refractivity contribution in [1.82, 2.24) is 9.97 Å². The lowest BCUT2D eigenvalue weighted by Gasteiger charge is -2.33. The molecular weight excluding hydrogens is 737 g/mol. The smallest absolute Gasteiger partial charge is 0.0273 e. The van der Waals surface area contributed by atoms with E-state index in [1.54, 1.807) is 11.1 Å². The second-order valence-electron chi connectivity index (χ2n) is 18.3. The molecule has 0 atom stereocenters. The van der Waals surface area contributed by atoms with Crippen LogP contribution >= 0.6 is 0 Å². The van der Waals surface area contributed by atoms with Crippen LogP contribution in [0.3, 0.4) is 0 Å². The minimum atomic E-state index is 0.0365. The largest absolute Gasteiger partial charge is 0.265 e. The fourth-order valence-electron chi connectivity index (χ4n) is 9.90. The second kappa shape index (κ2) is 24.8. The lowest BCUT2D eigenvalue weighted by Crippen LogP contribution is -2.25. The predicted molar refractivity (Wildman–Crippen MR) is 267 cm³/mol. The molecule has 0 aliphatic heterocycles. The number of nitrogens with zero attached hydrogens (tertiary/aromatic N) is 2. The van der Waals surface area contributed by atoms with Gasteiger partial charge in [0.1, 0.15) is 0 Å². The maximum atomic E-state index is 4.26. The van der Waals surface area contributed by atoms with Crippen LogP contribution in [0.15, 0.2) is 97.6 Å². The Hall–Kier alpha value is -4.56. The monoisotopic (exact) mass is 813 g/mol. The van der Waals surface area contributed by atoms with Gasteiger partial charge in [-0.15, -0.1) is 0 Å². The maximum absolute atomic E-state index is 4.26. The summed E-state index contributed by atoms with van der Waals surface area (Å²) in [5.41, 5.74) is 16.2. The molecule has 61 heavy (non-hydrogen) atoms. The Bertz CT molecular complexity index is 2080.